The number of aryl methyl sites for hydroxylation is 1. The molecule has 0 unspecified atom stereocenters. The first-order valence-electron chi connectivity index (χ1n) is 17.2. The summed E-state index contributed by atoms with van der Waals surface area (Å²) in [5.74, 6) is 1.13. The van der Waals surface area contributed by atoms with E-state index in [1.54, 1.807) is 29.8 Å². The lowest BCUT2D eigenvalue weighted by Crippen LogP contribution is -2.56. The molecule has 12 nitrogen and oxygen atoms in total. The molecule has 4 aromatic heterocycles. The molecule has 0 atom stereocenters. The van der Waals surface area contributed by atoms with E-state index in [2.05, 4.69) is 50.6 Å². The second-order valence-electron chi connectivity index (χ2n) is 14.5. The van der Waals surface area contributed by atoms with Gasteiger partial charge in [0.1, 0.15) is 23.0 Å². The number of carbonyl (C=O) groups excluding carboxylic acids is 1. The first-order chi connectivity index (χ1) is 23.7. The van der Waals surface area contributed by atoms with Gasteiger partial charge in [-0.3, -0.25) is 19.4 Å². The normalized spacial score (nSPS) is 19.1. The van der Waals surface area contributed by atoms with Gasteiger partial charge in [0.25, 0.3) is 11.5 Å². The number of hydrogen-bond acceptors (Lipinski definition) is 9. The van der Waals surface area contributed by atoms with Crippen molar-refractivity contribution in [3.05, 3.63) is 81.8 Å². The molecule has 49 heavy (non-hydrogen) atoms. The first kappa shape index (κ1) is 31.7. The largest absolute Gasteiger partial charge is 0.380 e. The lowest BCUT2D eigenvalue weighted by Gasteiger charge is -2.43. The molecule has 7 heterocycles. The molecule has 256 valence electrons. The van der Waals surface area contributed by atoms with Crippen molar-refractivity contribution in [1.82, 2.24) is 24.0 Å². The van der Waals surface area contributed by atoms with E-state index in [0.717, 1.165) is 86.9 Å². The minimum Gasteiger partial charge on any atom is -0.380 e. The Labute approximate surface area is 286 Å². The molecule has 2 saturated heterocycles. The maximum absolute atomic E-state index is 14.0. The smallest absolute Gasteiger partial charge is 0.276 e. The van der Waals surface area contributed by atoms with Gasteiger partial charge in [-0.25, -0.2) is 9.97 Å². The second-order valence-corrected chi connectivity index (χ2v) is 14.5. The van der Waals surface area contributed by atoms with E-state index in [4.69, 9.17) is 14.5 Å². The number of hydrogen-bond donors (Lipinski definition) is 1. The summed E-state index contributed by atoms with van der Waals surface area (Å²) < 4.78 is 14.8. The van der Waals surface area contributed by atoms with Crippen LogP contribution in [0, 0.1) is 5.41 Å². The van der Waals surface area contributed by atoms with Crippen LogP contribution in [-0.4, -0.2) is 89.0 Å². The Morgan fingerprint density at radius 1 is 1.00 bits per heavy atom. The average Bonchev–Trinajstić information content (AvgIpc) is 3.56. The molecular weight excluding hydrogens is 620 g/mol. The number of ether oxygens (including phenoxy) is 2. The van der Waals surface area contributed by atoms with Crippen LogP contribution in [0.2, 0.25) is 0 Å². The van der Waals surface area contributed by atoms with Crippen molar-refractivity contribution in [2.45, 2.75) is 45.9 Å². The predicted octanol–water partition coefficient (Wildman–Crippen LogP) is 3.84. The van der Waals surface area contributed by atoms with E-state index < -0.39 is 0 Å². The van der Waals surface area contributed by atoms with Gasteiger partial charge in [0.15, 0.2) is 0 Å². The molecule has 8 rings (SSSR count). The summed E-state index contributed by atoms with van der Waals surface area (Å²) >= 11 is 0. The minimum atomic E-state index is -0.170. The Morgan fingerprint density at radius 2 is 1.82 bits per heavy atom. The molecule has 0 radical (unpaired) electrons. The fraction of sp³-hybridized carbons (Fsp3) is 0.459. The average molecular weight is 665 g/mol. The van der Waals surface area contributed by atoms with Crippen LogP contribution in [0.4, 0.5) is 23.0 Å². The van der Waals surface area contributed by atoms with Gasteiger partial charge in [0, 0.05) is 82.6 Å². The molecule has 4 aliphatic rings. The third kappa shape index (κ3) is 5.81. The standard InChI is InChI=1S/C37H44N8O4/c1-37(2)17-24-16-31-36(47)45(14-13-44(31)32(24)18-37)34-29(23-48-4)28(7-8-38-34)25-15-30(35(46)41(3)20-25)40-33-6-5-26(19-39-33)42-9-11-43(12-10-42)27-21-49-22-27/h5-8,15-16,19-20,27H,9-14,17-18,21-23H2,1-4H3,(H,39,40). The molecule has 1 amide bonds. The highest BCUT2D eigenvalue weighted by Gasteiger charge is 2.37. The summed E-state index contributed by atoms with van der Waals surface area (Å²) in [4.78, 5) is 43.3. The van der Waals surface area contributed by atoms with E-state index in [-0.39, 0.29) is 23.5 Å². The van der Waals surface area contributed by atoms with Crippen molar-refractivity contribution in [1.29, 1.82) is 0 Å². The van der Waals surface area contributed by atoms with Crippen LogP contribution >= 0.6 is 0 Å². The minimum absolute atomic E-state index is 0.0485. The molecule has 0 spiro atoms. The summed E-state index contributed by atoms with van der Waals surface area (Å²) in [5.41, 5.74) is 7.26. The Kier molecular flexibility index (Phi) is 8.04. The molecule has 0 bridgehead atoms. The van der Waals surface area contributed by atoms with Gasteiger partial charge in [-0.2, -0.15) is 0 Å². The Morgan fingerprint density at radius 3 is 2.53 bits per heavy atom. The lowest BCUT2D eigenvalue weighted by atomic mass is 9.90. The van der Waals surface area contributed by atoms with Crippen LogP contribution in [0.5, 0.6) is 0 Å². The van der Waals surface area contributed by atoms with Crippen molar-refractivity contribution in [3.8, 4) is 11.1 Å². The zero-order valence-corrected chi connectivity index (χ0v) is 28.7. The number of piperazine rings is 1. The summed E-state index contributed by atoms with van der Waals surface area (Å²) in [7, 11) is 3.38. The molecule has 12 heteroatoms. The number of nitrogens with one attached hydrogen (secondary N) is 1. The molecule has 3 aliphatic heterocycles. The van der Waals surface area contributed by atoms with Crippen molar-refractivity contribution < 1.29 is 14.3 Å². The fourth-order valence-corrected chi connectivity index (χ4v) is 7.90. The van der Waals surface area contributed by atoms with Crippen molar-refractivity contribution >= 4 is 28.9 Å². The predicted molar refractivity (Wildman–Crippen MR) is 189 cm³/mol. The summed E-state index contributed by atoms with van der Waals surface area (Å²) in [6, 6.07) is 10.4. The Hall–Kier alpha value is -4.52. The van der Waals surface area contributed by atoms with Gasteiger partial charge in [-0.1, -0.05) is 13.8 Å². The third-order valence-corrected chi connectivity index (χ3v) is 10.5. The lowest BCUT2D eigenvalue weighted by molar-refractivity contribution is -0.0660. The van der Waals surface area contributed by atoms with E-state index in [1.807, 2.05) is 30.6 Å². The van der Waals surface area contributed by atoms with Gasteiger partial charge in [-0.15, -0.1) is 0 Å². The zero-order valence-electron chi connectivity index (χ0n) is 28.7. The summed E-state index contributed by atoms with van der Waals surface area (Å²) in [6.45, 7) is 11.7. The molecular formula is C37H44N8O4. The quantitative estimate of drug-likeness (QED) is 0.301. The number of rotatable bonds is 8. The van der Waals surface area contributed by atoms with Gasteiger partial charge < -0.3 is 28.8 Å². The molecule has 1 aliphatic carbocycles. The van der Waals surface area contributed by atoms with Gasteiger partial charge in [-0.05, 0) is 59.7 Å². The van der Waals surface area contributed by atoms with Gasteiger partial charge >= 0.3 is 0 Å². The molecule has 2 fully saturated rings. The summed E-state index contributed by atoms with van der Waals surface area (Å²) in [6.07, 6.45) is 7.37. The van der Waals surface area contributed by atoms with Crippen LogP contribution < -0.4 is 20.7 Å². The number of anilines is 4. The number of pyridine rings is 3. The van der Waals surface area contributed by atoms with Crippen molar-refractivity contribution in [3.63, 3.8) is 0 Å². The highest BCUT2D eigenvalue weighted by molar-refractivity contribution is 6.06. The Bertz CT molecular complexity index is 1950. The maximum atomic E-state index is 14.0. The number of carbonyl (C=O) groups is 1. The molecule has 0 aromatic carbocycles. The van der Waals surface area contributed by atoms with Crippen molar-refractivity contribution in [2.75, 3.05) is 68.2 Å². The maximum Gasteiger partial charge on any atom is 0.276 e. The van der Waals surface area contributed by atoms with E-state index in [0.29, 0.717) is 29.9 Å². The van der Waals surface area contributed by atoms with Crippen LogP contribution in [0.1, 0.15) is 41.2 Å². The summed E-state index contributed by atoms with van der Waals surface area (Å²) in [5, 5.41) is 3.26. The third-order valence-electron chi connectivity index (χ3n) is 10.5. The molecule has 0 saturated carbocycles. The Balaban J connectivity index is 1.04. The number of nitrogens with zero attached hydrogens (tertiary/aromatic N) is 7. The number of aromatic nitrogens is 4. The highest BCUT2D eigenvalue weighted by Crippen LogP contribution is 2.40. The molecule has 4 aromatic rings. The zero-order chi connectivity index (χ0) is 33.9. The van der Waals surface area contributed by atoms with Crippen LogP contribution in [0.3, 0.4) is 0 Å². The highest BCUT2D eigenvalue weighted by atomic mass is 16.5. The monoisotopic (exact) mass is 664 g/mol. The second kappa shape index (κ2) is 12.4. The van der Waals surface area contributed by atoms with E-state index in [1.165, 1.54) is 11.3 Å². The van der Waals surface area contributed by atoms with E-state index in [9.17, 15) is 9.59 Å². The SMILES string of the molecule is COCc1c(-c2cc(Nc3ccc(N4CCN(C5COC5)CC4)cn3)c(=O)n(C)c2)ccnc1N1CCn2c(cc3c2CC(C)(C)C3)C1=O. The number of amides is 1. The number of methoxy groups -OCH3 is 1. The van der Waals surface area contributed by atoms with E-state index >= 15 is 0 Å². The first-order valence-corrected chi connectivity index (χ1v) is 17.2. The number of fused-ring (bicyclic) bond motifs is 3. The van der Waals surface area contributed by atoms with Crippen LogP contribution in [0.25, 0.3) is 11.1 Å². The van der Waals surface area contributed by atoms with Gasteiger partial charge in [0.05, 0.1) is 37.7 Å². The van der Waals surface area contributed by atoms with Crippen LogP contribution in [0.15, 0.2) is 53.7 Å². The van der Waals surface area contributed by atoms with Crippen LogP contribution in [-0.2, 0) is 42.5 Å². The molecule has 1 N–H and O–H groups in total. The van der Waals surface area contributed by atoms with Crippen molar-refractivity contribution in [2.24, 2.45) is 12.5 Å². The van der Waals surface area contributed by atoms with Gasteiger partial charge in [0.2, 0.25) is 0 Å². The topological polar surface area (TPSA) is 110 Å². The fourth-order valence-electron chi connectivity index (χ4n) is 7.90.